The molecule has 2 atom stereocenters. The van der Waals surface area contributed by atoms with E-state index in [1.54, 1.807) is 0 Å². The van der Waals surface area contributed by atoms with Gasteiger partial charge in [-0.2, -0.15) is 0 Å². The van der Waals surface area contributed by atoms with Crippen LogP contribution >= 0.6 is 15.9 Å². The second-order valence-corrected chi connectivity index (χ2v) is 20.2. The van der Waals surface area contributed by atoms with Gasteiger partial charge in [-0.25, -0.2) is 9.59 Å². The average Bonchev–Trinajstić information content (AvgIpc) is 3.28. The summed E-state index contributed by atoms with van der Waals surface area (Å²) >= 11 is 2.41. The van der Waals surface area contributed by atoms with Crippen molar-refractivity contribution in [3.8, 4) is 0 Å². The number of halogens is 1. The minimum Gasteiger partial charge on any atom is -0.467 e. The van der Waals surface area contributed by atoms with Crippen LogP contribution in [0.3, 0.4) is 0 Å². The fourth-order valence-corrected chi connectivity index (χ4v) is 5.56. The molecule has 0 radical (unpaired) electrons. The molecule has 0 bridgehead atoms. The lowest BCUT2D eigenvalue weighted by atomic mass is 9.73. The number of alkyl halides is 1. The highest BCUT2D eigenvalue weighted by Crippen LogP contribution is 2.44. The molecular formula is C36H57BrO6Si2. The van der Waals surface area contributed by atoms with Crippen molar-refractivity contribution in [3.05, 3.63) is 71.6 Å². The number of hydrogen-bond donors (Lipinski definition) is 0. The van der Waals surface area contributed by atoms with Crippen LogP contribution in [0, 0.1) is 5.89 Å². The monoisotopic (exact) mass is 752 g/mol. The van der Waals surface area contributed by atoms with E-state index in [0.717, 1.165) is 7.11 Å². The lowest BCUT2D eigenvalue weighted by Crippen LogP contribution is -2.52. The summed E-state index contributed by atoms with van der Waals surface area (Å²) in [6, 6.07) is -8.01. The molecule has 2 aromatic rings. The quantitative estimate of drug-likeness (QED) is 0.144. The largest absolute Gasteiger partial charge is 0.467 e. The first-order valence-corrected chi connectivity index (χ1v) is 20.6. The van der Waals surface area contributed by atoms with Gasteiger partial charge in [0, 0.05) is 40.9 Å². The molecule has 2 aromatic carbocycles. The van der Waals surface area contributed by atoms with Crippen LogP contribution in [0.25, 0.3) is 0 Å². The lowest BCUT2D eigenvalue weighted by molar-refractivity contribution is -0.169. The van der Waals surface area contributed by atoms with E-state index in [1.807, 2.05) is 19.6 Å². The molecule has 2 aliphatic rings. The van der Waals surface area contributed by atoms with E-state index in [4.69, 9.17) is 56.1 Å². The van der Waals surface area contributed by atoms with Crippen molar-refractivity contribution in [3.63, 3.8) is 0 Å². The topological polar surface area (TPSA) is 71.1 Å². The molecule has 0 heterocycles. The number of carbonyl (C=O) groups excluding carboxylic acids is 2. The second kappa shape index (κ2) is 19.1. The average molecular weight is 754 g/mol. The van der Waals surface area contributed by atoms with E-state index < -0.39 is 181 Å². The van der Waals surface area contributed by atoms with Crippen LogP contribution in [-0.2, 0) is 33.5 Å². The van der Waals surface area contributed by atoms with Gasteiger partial charge in [0.05, 0.1) is 27.9 Å². The van der Waals surface area contributed by atoms with Gasteiger partial charge in [0.1, 0.15) is 0 Å². The summed E-state index contributed by atoms with van der Waals surface area (Å²) in [7, 11) is -3.82. The molecule has 0 aromatic heterocycles. The van der Waals surface area contributed by atoms with Gasteiger partial charge in [-0.15, -0.1) is 0 Å². The molecule has 0 saturated heterocycles. The first-order valence-electron chi connectivity index (χ1n) is 29.0. The van der Waals surface area contributed by atoms with Crippen molar-refractivity contribution in [2.45, 2.75) is 120 Å². The molecule has 6 nitrogen and oxygen atoms in total. The molecule has 0 amide bonds. The number of benzene rings is 2. The van der Waals surface area contributed by atoms with Crippen LogP contribution in [0.1, 0.15) is 125 Å². The highest BCUT2D eigenvalue weighted by molar-refractivity contribution is 9.09. The van der Waals surface area contributed by atoms with Crippen molar-refractivity contribution in [1.82, 2.24) is 0 Å². The zero-order valence-electron chi connectivity index (χ0n) is 57.9. The SMILES string of the molecule is [2H]C1([2H])C([2H])([2H])C([2H])([2H])C([2H])(Br)C([2H])([2H])C1([2H])[2H].[2H]c1c([2H])c([2H])c(C(O[Si](C)(C)C)(C(=O)OC)C2([2H])C([2H])([2H])C([2H])([2H])C([2H])([2H])C([2H])([2H])C2([2H])[2H])c([2H])c1[2H].[2H]c1c([2H])c([2H])c(C(O[Si](C)(C)C)C(=O)OC)c([2H])c1[2H]. The van der Waals surface area contributed by atoms with Gasteiger partial charge in [0.2, 0.25) is 0 Å². The molecule has 252 valence electrons. The standard InChI is InChI=1S/C18H28O3Si.C12H18O3Si.C6H11Br/c1-20-17(19)18(21-22(2,3)4,15-11-7-5-8-12-15)16-13-9-6-10-14-16;1-14-12(13)11(15-16(2,3)4)10-8-6-5-7-9-10;7-6-4-2-1-3-5-6/h5,7-8,11-12,16H,6,9-10,13-14H2,1-4H3;5-9,11H,1-4H3;6H,1-5H2/i5D,6D2,7D,8D,9D2,10D2,11D,12D,13D2,14D2,16D;5D,6D,7D,8D,9D;1D2,2D2,3D2,4D2,5D2,6D. The van der Waals surface area contributed by atoms with Crippen LogP contribution in [0.15, 0.2) is 60.4 Å². The minimum absolute atomic E-state index is 0.185. The smallest absolute Gasteiger partial charge is 0.342 e. The van der Waals surface area contributed by atoms with Crippen LogP contribution < -0.4 is 0 Å². The summed E-state index contributed by atoms with van der Waals surface area (Å²) in [6.07, 6.45) is -38.5. The maximum absolute atomic E-state index is 13.7. The van der Waals surface area contributed by atoms with Gasteiger partial charge in [-0.3, -0.25) is 0 Å². The number of hydrogen-bond acceptors (Lipinski definition) is 6. The highest BCUT2D eigenvalue weighted by atomic mass is 79.9. The Kier molecular flexibility index (Phi) is 5.64. The third-order valence-electron chi connectivity index (χ3n) is 4.77. The van der Waals surface area contributed by atoms with Crippen molar-refractivity contribution >= 4 is 44.5 Å². The Bertz CT molecular complexity index is 2430. The Balaban J connectivity index is 0.000000437. The fraction of sp³-hybridized carbons (Fsp3) is 0.611. The number of rotatable bonds is 9. The summed E-state index contributed by atoms with van der Waals surface area (Å²) < 4.78 is 277. The first kappa shape index (κ1) is 13.3. The Morgan fingerprint density at radius 1 is 0.800 bits per heavy atom. The molecule has 2 unspecified atom stereocenters. The van der Waals surface area contributed by atoms with Gasteiger partial charge in [0.25, 0.3) is 0 Å². The molecule has 45 heavy (non-hydrogen) atoms. The molecule has 9 heteroatoms. The number of ether oxygens (including phenoxy) is 2. The number of carbonyl (C=O) groups is 2. The molecule has 0 spiro atoms. The van der Waals surface area contributed by atoms with Gasteiger partial charge >= 0.3 is 11.9 Å². The summed E-state index contributed by atoms with van der Waals surface area (Å²) in [4.78, 5) is 22.7. The third-order valence-corrected chi connectivity index (χ3v) is 7.03. The zero-order chi connectivity index (χ0) is 62.0. The summed E-state index contributed by atoms with van der Waals surface area (Å²) in [5.74, 6) is -6.85. The summed E-state index contributed by atoms with van der Waals surface area (Å²) in [5, 5.41) is 0. The third kappa shape index (κ3) is 13.5. The predicted octanol–water partition coefficient (Wildman–Crippen LogP) is 9.95. The minimum atomic E-state index is -4.20. The molecule has 2 saturated carbocycles. The number of esters is 2. The predicted molar refractivity (Wildman–Crippen MR) is 193 cm³/mol. The molecular weight excluding hydrogens is 664 g/mol. The van der Waals surface area contributed by atoms with Crippen molar-refractivity contribution in [2.24, 2.45) is 5.89 Å². The Labute approximate surface area is 328 Å². The van der Waals surface area contributed by atoms with Crippen LogP contribution in [0.4, 0.5) is 0 Å². The first-order chi connectivity index (χ1) is 33.6. The Hall–Kier alpha value is -1.79. The molecule has 2 aliphatic carbocycles. The summed E-state index contributed by atoms with van der Waals surface area (Å²) in [5.41, 5.74) is -5.19. The van der Waals surface area contributed by atoms with Crippen LogP contribution in [0.5, 0.6) is 0 Å². The fourth-order valence-electron chi connectivity index (χ4n) is 3.24. The Morgan fingerprint density at radius 2 is 1.29 bits per heavy atom. The highest BCUT2D eigenvalue weighted by Gasteiger charge is 2.51. The lowest BCUT2D eigenvalue weighted by Gasteiger charge is -2.44. The van der Waals surface area contributed by atoms with E-state index in [0.29, 0.717) is 7.11 Å². The maximum atomic E-state index is 13.7. The van der Waals surface area contributed by atoms with Crippen LogP contribution in [-0.4, -0.2) is 47.6 Å². The van der Waals surface area contributed by atoms with Crippen molar-refractivity contribution < 1.29 is 71.8 Å². The van der Waals surface area contributed by atoms with E-state index in [-0.39, 0.29) is 5.56 Å². The maximum Gasteiger partial charge on any atom is 0.342 e. The molecule has 0 N–H and O–H groups in total. The van der Waals surface area contributed by atoms with Crippen molar-refractivity contribution in [2.75, 3.05) is 14.2 Å². The van der Waals surface area contributed by atoms with Crippen LogP contribution in [0.2, 0.25) is 39.3 Å². The molecule has 2 fully saturated rings. The summed E-state index contributed by atoms with van der Waals surface area (Å²) in [6.45, 7) is 9.58. The Morgan fingerprint density at radius 3 is 1.73 bits per heavy atom. The normalized spacial score (nSPS) is 41.1. The van der Waals surface area contributed by atoms with E-state index in [9.17, 15) is 11.0 Å². The number of methoxy groups -OCH3 is 2. The van der Waals surface area contributed by atoms with Gasteiger partial charge in [0.15, 0.2) is 28.3 Å². The molecule has 4 rings (SSSR count). The van der Waals surface area contributed by atoms with Crippen molar-refractivity contribution in [1.29, 1.82) is 0 Å². The van der Waals surface area contributed by atoms with Gasteiger partial charge in [-0.1, -0.05) is 115 Å². The zero-order valence-corrected chi connectivity index (χ0v) is 29.5. The van der Waals surface area contributed by atoms with Gasteiger partial charge < -0.3 is 18.3 Å². The van der Waals surface area contributed by atoms with Gasteiger partial charge in [-0.05, 0) is 75.9 Å². The van der Waals surface area contributed by atoms with E-state index in [1.165, 1.54) is 19.6 Å². The van der Waals surface area contributed by atoms with E-state index in [2.05, 4.69) is 20.7 Å². The van der Waals surface area contributed by atoms with E-state index >= 15 is 0 Å². The second-order valence-electron chi connectivity index (χ2n) is 10.5. The molecule has 0 aliphatic heterocycles.